The lowest BCUT2D eigenvalue weighted by Crippen LogP contribution is -2.04. The summed E-state index contributed by atoms with van der Waals surface area (Å²) in [7, 11) is 0. The van der Waals surface area contributed by atoms with Crippen LogP contribution in [-0.4, -0.2) is 11.7 Å². The summed E-state index contributed by atoms with van der Waals surface area (Å²) < 4.78 is 0. The Morgan fingerprint density at radius 1 is 0.759 bits per heavy atom. The molecule has 1 aliphatic carbocycles. The molecule has 0 spiro atoms. The highest BCUT2D eigenvalue weighted by Gasteiger charge is 2.18. The molecule has 0 heterocycles. The molecule has 0 aliphatic heterocycles. The highest BCUT2D eigenvalue weighted by molar-refractivity contribution is 6.01. The fraction of sp³-hybridized carbons (Fsp3) is 0.0769. The Labute approximate surface area is 169 Å². The number of hydrogen-bond donors (Lipinski definition) is 0. The first-order chi connectivity index (χ1) is 14.2. The van der Waals surface area contributed by atoms with Crippen LogP contribution in [0, 0.1) is 0 Å². The molecule has 0 fully saturated rings. The van der Waals surface area contributed by atoms with E-state index in [4.69, 9.17) is 4.84 Å². The molecular formula is C26H19NO2. The van der Waals surface area contributed by atoms with Crippen LogP contribution in [0.1, 0.15) is 34.0 Å². The quantitative estimate of drug-likeness (QED) is 0.220. The summed E-state index contributed by atoms with van der Waals surface area (Å²) in [4.78, 5) is 17.7. The molecule has 0 saturated carbocycles. The number of oxime groups is 1. The zero-order valence-corrected chi connectivity index (χ0v) is 16.1. The van der Waals surface area contributed by atoms with Gasteiger partial charge in [0.25, 0.3) is 0 Å². The van der Waals surface area contributed by atoms with Crippen LogP contribution in [0.5, 0.6) is 0 Å². The number of rotatable bonds is 3. The molecule has 0 aromatic heterocycles. The third-order valence-electron chi connectivity index (χ3n) is 5.47. The first-order valence-electron chi connectivity index (χ1n) is 9.65. The molecule has 0 radical (unpaired) electrons. The Balaban J connectivity index is 1.38. The molecule has 3 heteroatoms. The third-order valence-corrected chi connectivity index (χ3v) is 5.47. The predicted octanol–water partition coefficient (Wildman–Crippen LogP) is 5.99. The van der Waals surface area contributed by atoms with Gasteiger partial charge in [-0.3, -0.25) is 0 Å². The van der Waals surface area contributed by atoms with Crippen molar-refractivity contribution in [2.45, 2.75) is 13.3 Å². The van der Waals surface area contributed by atoms with Gasteiger partial charge in [0.2, 0.25) is 0 Å². The van der Waals surface area contributed by atoms with E-state index in [9.17, 15) is 4.79 Å². The fourth-order valence-electron chi connectivity index (χ4n) is 3.88. The van der Waals surface area contributed by atoms with Gasteiger partial charge in [-0.25, -0.2) is 4.79 Å². The maximum atomic E-state index is 12.4. The second-order valence-corrected chi connectivity index (χ2v) is 7.32. The van der Waals surface area contributed by atoms with E-state index in [0.717, 1.165) is 22.8 Å². The van der Waals surface area contributed by atoms with Crippen molar-refractivity contribution in [2.75, 3.05) is 0 Å². The minimum absolute atomic E-state index is 0.457. The average Bonchev–Trinajstić information content (AvgIpc) is 3.14. The number of hydrogen-bond acceptors (Lipinski definition) is 3. The van der Waals surface area contributed by atoms with Crippen molar-refractivity contribution < 1.29 is 9.63 Å². The number of carbonyl (C=O) groups excluding carboxylic acids is 1. The molecule has 0 bridgehead atoms. The van der Waals surface area contributed by atoms with Crippen LogP contribution in [0.25, 0.3) is 21.9 Å². The van der Waals surface area contributed by atoms with Gasteiger partial charge in [-0.2, -0.15) is 0 Å². The third kappa shape index (κ3) is 3.21. The van der Waals surface area contributed by atoms with Gasteiger partial charge in [-0.1, -0.05) is 71.9 Å². The Kier molecular flexibility index (Phi) is 4.21. The topological polar surface area (TPSA) is 38.7 Å². The molecule has 1 aliphatic rings. The van der Waals surface area contributed by atoms with Crippen LogP contribution in [-0.2, 0) is 11.3 Å². The molecule has 3 nitrogen and oxygen atoms in total. The van der Waals surface area contributed by atoms with Crippen LogP contribution in [0.4, 0.5) is 0 Å². The normalized spacial score (nSPS) is 12.5. The standard InChI is InChI=1S/C26H19NO2/c1-17(19-11-12-22-15-21-8-4-5-9-24(21)25(22)16-19)27-29-26(28)23-13-10-18-6-2-3-7-20(18)14-23/h2-14,16H,15H2,1H3/b27-17+. The van der Waals surface area contributed by atoms with E-state index in [2.05, 4.69) is 41.6 Å². The van der Waals surface area contributed by atoms with Crippen molar-refractivity contribution in [1.82, 2.24) is 0 Å². The molecular weight excluding hydrogens is 358 g/mol. The molecule has 29 heavy (non-hydrogen) atoms. The van der Waals surface area contributed by atoms with Crippen molar-refractivity contribution in [1.29, 1.82) is 0 Å². The summed E-state index contributed by atoms with van der Waals surface area (Å²) in [6.07, 6.45) is 0.957. The summed E-state index contributed by atoms with van der Waals surface area (Å²) in [6.45, 7) is 1.86. The lowest BCUT2D eigenvalue weighted by atomic mass is 10.0. The Bertz CT molecular complexity index is 1290. The van der Waals surface area contributed by atoms with E-state index in [-0.39, 0.29) is 0 Å². The van der Waals surface area contributed by atoms with E-state index >= 15 is 0 Å². The summed E-state index contributed by atoms with van der Waals surface area (Å²) in [5.41, 5.74) is 7.27. The highest BCUT2D eigenvalue weighted by Crippen LogP contribution is 2.36. The van der Waals surface area contributed by atoms with E-state index in [1.807, 2.05) is 49.4 Å². The largest absolute Gasteiger partial charge is 0.365 e. The summed E-state index contributed by atoms with van der Waals surface area (Å²) in [6, 6.07) is 28.2. The summed E-state index contributed by atoms with van der Waals surface area (Å²) >= 11 is 0. The van der Waals surface area contributed by atoms with E-state index in [1.54, 1.807) is 6.07 Å². The molecule has 0 amide bonds. The number of nitrogens with zero attached hydrogens (tertiary/aromatic N) is 1. The van der Waals surface area contributed by atoms with Gasteiger partial charge in [0.1, 0.15) is 0 Å². The van der Waals surface area contributed by atoms with Gasteiger partial charge in [0, 0.05) is 0 Å². The van der Waals surface area contributed by atoms with Crippen LogP contribution in [0.15, 0.2) is 90.1 Å². The summed E-state index contributed by atoms with van der Waals surface area (Å²) in [5, 5.41) is 6.18. The molecule has 4 aromatic carbocycles. The maximum Gasteiger partial charge on any atom is 0.365 e. The Morgan fingerprint density at radius 3 is 2.38 bits per heavy atom. The fourth-order valence-corrected chi connectivity index (χ4v) is 3.88. The van der Waals surface area contributed by atoms with Crippen LogP contribution < -0.4 is 0 Å². The van der Waals surface area contributed by atoms with Crippen LogP contribution in [0.3, 0.4) is 0 Å². The lowest BCUT2D eigenvalue weighted by molar-refractivity contribution is 0.0516. The van der Waals surface area contributed by atoms with Crippen LogP contribution >= 0.6 is 0 Å². The molecule has 0 atom stereocenters. The van der Waals surface area contributed by atoms with Crippen molar-refractivity contribution in [2.24, 2.45) is 5.16 Å². The van der Waals surface area contributed by atoms with E-state index in [0.29, 0.717) is 11.3 Å². The molecule has 140 valence electrons. The van der Waals surface area contributed by atoms with Crippen molar-refractivity contribution in [3.8, 4) is 11.1 Å². The summed E-state index contributed by atoms with van der Waals surface area (Å²) in [5.74, 6) is -0.457. The van der Waals surface area contributed by atoms with Crippen molar-refractivity contribution in [3.63, 3.8) is 0 Å². The van der Waals surface area contributed by atoms with Gasteiger partial charge in [0.15, 0.2) is 0 Å². The molecule has 5 rings (SSSR count). The van der Waals surface area contributed by atoms with Crippen molar-refractivity contribution in [3.05, 3.63) is 107 Å². The monoisotopic (exact) mass is 377 g/mol. The van der Waals surface area contributed by atoms with Gasteiger partial charge < -0.3 is 4.84 Å². The maximum absolute atomic E-state index is 12.4. The zero-order valence-electron chi connectivity index (χ0n) is 16.1. The van der Waals surface area contributed by atoms with E-state index in [1.165, 1.54) is 22.3 Å². The van der Waals surface area contributed by atoms with Gasteiger partial charge >= 0.3 is 5.97 Å². The van der Waals surface area contributed by atoms with Gasteiger partial charge in [-0.05, 0) is 70.1 Å². The number of benzene rings is 4. The SMILES string of the molecule is C/C(=N\OC(=O)c1ccc2ccccc2c1)c1ccc2c(c1)-c1ccccc1C2. The molecule has 4 aromatic rings. The second-order valence-electron chi connectivity index (χ2n) is 7.32. The average molecular weight is 377 g/mol. The molecule has 0 unspecified atom stereocenters. The van der Waals surface area contributed by atoms with Gasteiger partial charge in [-0.15, -0.1) is 0 Å². The first-order valence-corrected chi connectivity index (χ1v) is 9.65. The minimum Gasteiger partial charge on any atom is -0.313 e. The predicted molar refractivity (Wildman–Crippen MR) is 116 cm³/mol. The number of carbonyl (C=O) groups is 1. The Hall–Kier alpha value is -3.72. The molecule has 0 saturated heterocycles. The molecule has 0 N–H and O–H groups in total. The first kappa shape index (κ1) is 17.4. The number of fused-ring (bicyclic) bond motifs is 4. The van der Waals surface area contributed by atoms with Gasteiger partial charge in [0.05, 0.1) is 11.3 Å². The smallest absolute Gasteiger partial charge is 0.313 e. The Morgan fingerprint density at radius 2 is 1.48 bits per heavy atom. The van der Waals surface area contributed by atoms with Crippen molar-refractivity contribution >= 4 is 22.5 Å². The minimum atomic E-state index is -0.457. The highest BCUT2D eigenvalue weighted by atomic mass is 16.7. The zero-order chi connectivity index (χ0) is 19.8. The second kappa shape index (κ2) is 7.02. The van der Waals surface area contributed by atoms with Crippen LogP contribution in [0.2, 0.25) is 0 Å². The van der Waals surface area contributed by atoms with E-state index < -0.39 is 5.97 Å². The lowest BCUT2D eigenvalue weighted by Gasteiger charge is -2.06.